The summed E-state index contributed by atoms with van der Waals surface area (Å²) in [4.78, 5) is 13.9. The molecule has 4 N–H and O–H groups in total. The van der Waals surface area contributed by atoms with Crippen LogP contribution < -0.4 is 16.2 Å². The number of ether oxygens (including phenoxy) is 1. The average Bonchev–Trinajstić information content (AvgIpc) is 2.46. The molecule has 0 aliphatic carbocycles. The molecule has 0 atom stereocenters. The van der Waals surface area contributed by atoms with E-state index in [1.165, 1.54) is 10.6 Å². The van der Waals surface area contributed by atoms with Gasteiger partial charge in [0.1, 0.15) is 5.75 Å². The topological polar surface area (TPSA) is 98.5 Å². The number of benzene rings is 1. The number of aliphatic imine (C=N–C) groups is 2. The van der Waals surface area contributed by atoms with Crippen LogP contribution in [0.15, 0.2) is 34.3 Å². The lowest BCUT2D eigenvalue weighted by Crippen LogP contribution is -2.53. The molecule has 24 heavy (non-hydrogen) atoms. The first-order valence-electron chi connectivity index (χ1n) is 7.77. The van der Waals surface area contributed by atoms with E-state index < -0.39 is 5.66 Å². The van der Waals surface area contributed by atoms with Gasteiger partial charge in [-0.05, 0) is 51.3 Å². The summed E-state index contributed by atoms with van der Waals surface area (Å²) in [5.41, 5.74) is 12.1. The molecular formula is C16H26BrN5O2. The number of rotatable bonds is 7. The Kier molecular flexibility index (Phi) is 7.50. The van der Waals surface area contributed by atoms with Crippen LogP contribution in [0.4, 0.5) is 0 Å². The fourth-order valence-electron chi connectivity index (χ4n) is 2.37. The molecule has 8 heteroatoms. The summed E-state index contributed by atoms with van der Waals surface area (Å²) in [6.45, 7) is 6.90. The van der Waals surface area contributed by atoms with Gasteiger partial charge < -0.3 is 16.2 Å². The first kappa shape index (κ1) is 20.2. The maximum Gasteiger partial charge on any atom is 0.226 e. The number of halogens is 1. The molecule has 1 aliphatic heterocycles. The number of nitrogens with zero attached hydrogens (tertiary/aromatic N) is 3. The van der Waals surface area contributed by atoms with Gasteiger partial charge in [-0.1, -0.05) is 12.1 Å². The molecule has 0 aromatic heterocycles. The highest BCUT2D eigenvalue weighted by Gasteiger charge is 2.32. The molecule has 0 saturated heterocycles. The molecule has 1 aromatic rings. The van der Waals surface area contributed by atoms with Crippen LogP contribution in [0.25, 0.3) is 0 Å². The SMILES string of the molecule is Br.CCOc1ccc(CCCON2C(N)=NC(N)=NC2(C)C)cc1. The van der Waals surface area contributed by atoms with Gasteiger partial charge in [-0.2, -0.15) is 10.1 Å². The van der Waals surface area contributed by atoms with Crippen molar-refractivity contribution in [2.75, 3.05) is 13.2 Å². The highest BCUT2D eigenvalue weighted by molar-refractivity contribution is 8.93. The summed E-state index contributed by atoms with van der Waals surface area (Å²) in [5.74, 6) is 1.28. The van der Waals surface area contributed by atoms with E-state index >= 15 is 0 Å². The Morgan fingerprint density at radius 2 is 1.83 bits per heavy atom. The molecule has 0 bridgehead atoms. The zero-order valence-corrected chi connectivity index (χ0v) is 16.1. The zero-order valence-electron chi connectivity index (χ0n) is 14.4. The Bertz CT molecular complexity index is 587. The van der Waals surface area contributed by atoms with Crippen molar-refractivity contribution in [3.05, 3.63) is 29.8 Å². The van der Waals surface area contributed by atoms with Gasteiger partial charge >= 0.3 is 0 Å². The molecule has 0 spiro atoms. The lowest BCUT2D eigenvalue weighted by molar-refractivity contribution is -0.157. The lowest BCUT2D eigenvalue weighted by Gasteiger charge is -2.36. The predicted molar refractivity (Wildman–Crippen MR) is 101 cm³/mol. The maximum absolute atomic E-state index is 5.86. The van der Waals surface area contributed by atoms with E-state index in [-0.39, 0.29) is 28.9 Å². The molecule has 134 valence electrons. The Balaban J connectivity index is 0.00000288. The quantitative estimate of drug-likeness (QED) is 0.684. The van der Waals surface area contributed by atoms with E-state index in [2.05, 4.69) is 22.1 Å². The number of guanidine groups is 2. The van der Waals surface area contributed by atoms with E-state index in [0.29, 0.717) is 13.2 Å². The number of nitrogens with two attached hydrogens (primary N) is 2. The van der Waals surface area contributed by atoms with Crippen LogP contribution in [0.2, 0.25) is 0 Å². The summed E-state index contributed by atoms with van der Waals surface area (Å²) in [6, 6.07) is 8.10. The van der Waals surface area contributed by atoms with Crippen LogP contribution in [-0.2, 0) is 11.3 Å². The third kappa shape index (κ3) is 5.38. The first-order chi connectivity index (χ1) is 10.9. The third-order valence-corrected chi connectivity index (χ3v) is 3.39. The van der Waals surface area contributed by atoms with E-state index in [0.717, 1.165) is 18.6 Å². The Morgan fingerprint density at radius 3 is 2.42 bits per heavy atom. The summed E-state index contributed by atoms with van der Waals surface area (Å²) >= 11 is 0. The van der Waals surface area contributed by atoms with Crippen molar-refractivity contribution in [3.63, 3.8) is 0 Å². The van der Waals surface area contributed by atoms with Gasteiger partial charge in [0.05, 0.1) is 13.2 Å². The number of aryl methyl sites for hydroxylation is 1. The van der Waals surface area contributed by atoms with E-state index in [1.807, 2.05) is 32.9 Å². The predicted octanol–water partition coefficient (Wildman–Crippen LogP) is 2.21. The van der Waals surface area contributed by atoms with Crippen molar-refractivity contribution in [2.24, 2.45) is 21.5 Å². The van der Waals surface area contributed by atoms with Crippen LogP contribution in [-0.4, -0.2) is 35.9 Å². The third-order valence-electron chi connectivity index (χ3n) is 3.39. The maximum atomic E-state index is 5.86. The van der Waals surface area contributed by atoms with Crippen LogP contribution in [0.5, 0.6) is 5.75 Å². The van der Waals surface area contributed by atoms with Crippen LogP contribution in [0, 0.1) is 0 Å². The summed E-state index contributed by atoms with van der Waals surface area (Å²) in [7, 11) is 0. The fraction of sp³-hybridized carbons (Fsp3) is 0.500. The van der Waals surface area contributed by atoms with Gasteiger partial charge in [-0.3, -0.25) is 4.84 Å². The van der Waals surface area contributed by atoms with Crippen LogP contribution in [0.1, 0.15) is 32.8 Å². The van der Waals surface area contributed by atoms with Gasteiger partial charge in [-0.15, -0.1) is 17.0 Å². The summed E-state index contributed by atoms with van der Waals surface area (Å²) in [5, 5.41) is 1.50. The molecule has 2 rings (SSSR count). The minimum absolute atomic E-state index is 0. The molecule has 1 aliphatic rings. The second-order valence-electron chi connectivity index (χ2n) is 5.74. The molecule has 7 nitrogen and oxygen atoms in total. The zero-order chi connectivity index (χ0) is 16.9. The van der Waals surface area contributed by atoms with E-state index in [4.69, 9.17) is 21.0 Å². The molecule has 1 aromatic carbocycles. The van der Waals surface area contributed by atoms with Crippen molar-refractivity contribution in [2.45, 2.75) is 39.3 Å². The molecule has 0 fully saturated rings. The smallest absolute Gasteiger partial charge is 0.226 e. The Morgan fingerprint density at radius 1 is 1.17 bits per heavy atom. The van der Waals surface area contributed by atoms with Crippen molar-refractivity contribution < 1.29 is 9.57 Å². The van der Waals surface area contributed by atoms with Gasteiger partial charge in [0.15, 0.2) is 5.66 Å². The van der Waals surface area contributed by atoms with Crippen LogP contribution in [0.3, 0.4) is 0 Å². The van der Waals surface area contributed by atoms with E-state index in [1.54, 1.807) is 0 Å². The average molecular weight is 400 g/mol. The normalized spacial score (nSPS) is 16.0. The summed E-state index contributed by atoms with van der Waals surface area (Å²) in [6.07, 6.45) is 1.76. The monoisotopic (exact) mass is 399 g/mol. The minimum atomic E-state index is -0.658. The van der Waals surface area contributed by atoms with Crippen LogP contribution >= 0.6 is 17.0 Å². The number of hydrogen-bond acceptors (Lipinski definition) is 7. The van der Waals surface area contributed by atoms with Crippen molar-refractivity contribution in [1.82, 2.24) is 5.06 Å². The molecule has 0 amide bonds. The molecular weight excluding hydrogens is 374 g/mol. The Labute approximate surface area is 153 Å². The minimum Gasteiger partial charge on any atom is -0.494 e. The molecule has 0 saturated carbocycles. The van der Waals surface area contributed by atoms with Crippen molar-refractivity contribution in [3.8, 4) is 5.75 Å². The van der Waals surface area contributed by atoms with Crippen molar-refractivity contribution in [1.29, 1.82) is 0 Å². The van der Waals surface area contributed by atoms with Gasteiger partial charge in [0.25, 0.3) is 0 Å². The second-order valence-corrected chi connectivity index (χ2v) is 5.74. The highest BCUT2D eigenvalue weighted by Crippen LogP contribution is 2.20. The van der Waals surface area contributed by atoms with Gasteiger partial charge in [-0.25, -0.2) is 4.99 Å². The highest BCUT2D eigenvalue weighted by atomic mass is 79.9. The molecule has 0 radical (unpaired) electrons. The standard InChI is InChI=1S/C16H25N5O2.BrH/c1-4-22-13-9-7-12(8-10-13)6-5-11-23-21-15(18)19-14(17)20-16(21,2)3;/h7-10H,4-6,11H2,1-3H3,(H4,17,18,19,20);1H. The summed E-state index contributed by atoms with van der Waals surface area (Å²) < 4.78 is 5.43. The van der Waals surface area contributed by atoms with Crippen molar-refractivity contribution >= 4 is 28.9 Å². The molecule has 0 unspecified atom stereocenters. The number of hydroxylamine groups is 2. The molecule has 1 heterocycles. The second kappa shape index (κ2) is 8.89. The number of hydrogen-bond donors (Lipinski definition) is 2. The first-order valence-corrected chi connectivity index (χ1v) is 7.77. The largest absolute Gasteiger partial charge is 0.494 e. The lowest BCUT2D eigenvalue weighted by atomic mass is 10.1. The van der Waals surface area contributed by atoms with E-state index in [9.17, 15) is 0 Å². The van der Waals surface area contributed by atoms with Gasteiger partial charge in [0, 0.05) is 0 Å². The fourth-order valence-corrected chi connectivity index (χ4v) is 2.37. The van der Waals surface area contributed by atoms with Gasteiger partial charge in [0.2, 0.25) is 11.9 Å². The Hall–Kier alpha value is -1.80.